The zero-order chi connectivity index (χ0) is 21.3. The number of aryl methyl sites for hydroxylation is 1. The van der Waals surface area contributed by atoms with E-state index < -0.39 is 11.9 Å². The molecule has 3 aromatic carbocycles. The Balaban J connectivity index is 1.46. The van der Waals surface area contributed by atoms with Gasteiger partial charge >= 0.3 is 5.97 Å². The van der Waals surface area contributed by atoms with Gasteiger partial charge in [-0.1, -0.05) is 29.3 Å². The second-order valence-electron chi connectivity index (χ2n) is 6.36. The van der Waals surface area contributed by atoms with Gasteiger partial charge in [-0.15, -0.1) is 0 Å². The molecular weight excluding hydrogens is 404 g/mol. The van der Waals surface area contributed by atoms with Gasteiger partial charge in [-0.25, -0.2) is 10.2 Å². The SMILES string of the molecule is Cc1cccc(C(=O)Oc2ccc(C=NNC(=O)COc3ccc(Cl)cc3)cc2)c1. The third-order valence-electron chi connectivity index (χ3n) is 3.93. The van der Waals surface area contributed by atoms with Crippen LogP contribution >= 0.6 is 11.6 Å². The van der Waals surface area contributed by atoms with Gasteiger partial charge in [-0.2, -0.15) is 5.10 Å². The molecule has 0 aliphatic heterocycles. The topological polar surface area (TPSA) is 77.0 Å². The summed E-state index contributed by atoms with van der Waals surface area (Å²) in [6, 6.07) is 20.6. The maximum atomic E-state index is 12.2. The molecule has 0 fully saturated rings. The average Bonchev–Trinajstić information content (AvgIpc) is 2.74. The van der Waals surface area contributed by atoms with Crippen molar-refractivity contribution in [3.05, 3.63) is 94.5 Å². The number of carbonyl (C=O) groups is 2. The van der Waals surface area contributed by atoms with E-state index in [1.165, 1.54) is 6.21 Å². The molecule has 1 amide bonds. The maximum Gasteiger partial charge on any atom is 0.343 e. The number of hydrogen-bond acceptors (Lipinski definition) is 5. The Kier molecular flexibility index (Phi) is 7.19. The van der Waals surface area contributed by atoms with Gasteiger partial charge in [-0.05, 0) is 73.2 Å². The van der Waals surface area contributed by atoms with Crippen LogP contribution in [0.3, 0.4) is 0 Å². The van der Waals surface area contributed by atoms with Crippen LogP contribution in [0.2, 0.25) is 5.02 Å². The molecule has 0 heterocycles. The smallest absolute Gasteiger partial charge is 0.343 e. The van der Waals surface area contributed by atoms with Gasteiger partial charge < -0.3 is 9.47 Å². The molecule has 6 nitrogen and oxygen atoms in total. The number of nitrogens with zero attached hydrogens (tertiary/aromatic N) is 1. The number of hydrazone groups is 1. The van der Waals surface area contributed by atoms with Gasteiger partial charge in [-0.3, -0.25) is 4.79 Å². The third-order valence-corrected chi connectivity index (χ3v) is 4.18. The highest BCUT2D eigenvalue weighted by Crippen LogP contribution is 2.16. The van der Waals surface area contributed by atoms with Gasteiger partial charge in [0.25, 0.3) is 5.91 Å². The highest BCUT2D eigenvalue weighted by Gasteiger charge is 2.08. The molecule has 0 saturated carbocycles. The number of ether oxygens (including phenoxy) is 2. The molecular formula is C23H19ClN2O4. The van der Waals surface area contributed by atoms with Crippen LogP contribution in [0.5, 0.6) is 11.5 Å². The fourth-order valence-corrected chi connectivity index (χ4v) is 2.58. The summed E-state index contributed by atoms with van der Waals surface area (Å²) in [5.41, 5.74) is 4.58. The minimum Gasteiger partial charge on any atom is -0.484 e. The van der Waals surface area contributed by atoms with Gasteiger partial charge in [0.2, 0.25) is 0 Å². The molecule has 0 aliphatic carbocycles. The van der Waals surface area contributed by atoms with Crippen molar-refractivity contribution in [2.24, 2.45) is 5.10 Å². The van der Waals surface area contributed by atoms with Crippen molar-refractivity contribution in [1.29, 1.82) is 0 Å². The number of halogens is 1. The van der Waals surface area contributed by atoms with Crippen LogP contribution in [0, 0.1) is 6.92 Å². The molecule has 0 aromatic heterocycles. The molecule has 3 aromatic rings. The molecule has 30 heavy (non-hydrogen) atoms. The van der Waals surface area contributed by atoms with Gasteiger partial charge in [0.05, 0.1) is 11.8 Å². The van der Waals surface area contributed by atoms with Crippen molar-refractivity contribution in [1.82, 2.24) is 5.43 Å². The van der Waals surface area contributed by atoms with Crippen molar-refractivity contribution in [3.63, 3.8) is 0 Å². The lowest BCUT2D eigenvalue weighted by Crippen LogP contribution is -2.24. The van der Waals surface area contributed by atoms with Crippen molar-refractivity contribution in [2.45, 2.75) is 6.92 Å². The van der Waals surface area contributed by atoms with Crippen LogP contribution in [0.15, 0.2) is 77.9 Å². The molecule has 0 radical (unpaired) electrons. The Hall–Kier alpha value is -3.64. The Bertz CT molecular complexity index is 1050. The van der Waals surface area contributed by atoms with Crippen LogP contribution in [-0.4, -0.2) is 24.7 Å². The summed E-state index contributed by atoms with van der Waals surface area (Å²) < 4.78 is 10.7. The van der Waals surface area contributed by atoms with E-state index in [0.717, 1.165) is 11.1 Å². The summed E-state index contributed by atoms with van der Waals surface area (Å²) >= 11 is 5.79. The first kappa shape index (κ1) is 21.1. The van der Waals surface area contributed by atoms with E-state index in [9.17, 15) is 9.59 Å². The first-order valence-electron chi connectivity index (χ1n) is 9.09. The number of hydrogen-bond donors (Lipinski definition) is 1. The highest BCUT2D eigenvalue weighted by molar-refractivity contribution is 6.30. The van der Waals surface area contributed by atoms with E-state index in [0.29, 0.717) is 22.1 Å². The Morgan fingerprint density at radius 2 is 1.70 bits per heavy atom. The van der Waals surface area contributed by atoms with Crippen LogP contribution in [0.4, 0.5) is 0 Å². The van der Waals surface area contributed by atoms with Gasteiger partial charge in [0.15, 0.2) is 6.61 Å². The molecule has 0 bridgehead atoms. The van der Waals surface area contributed by atoms with Crippen molar-refractivity contribution >= 4 is 29.7 Å². The summed E-state index contributed by atoms with van der Waals surface area (Å²) in [7, 11) is 0. The van der Waals surface area contributed by atoms with Crippen LogP contribution in [-0.2, 0) is 4.79 Å². The fourth-order valence-electron chi connectivity index (χ4n) is 2.45. The summed E-state index contributed by atoms with van der Waals surface area (Å²) in [5.74, 6) is 0.131. The average molecular weight is 423 g/mol. The number of rotatable bonds is 7. The summed E-state index contributed by atoms with van der Waals surface area (Å²) in [6.45, 7) is 1.74. The van der Waals surface area contributed by atoms with E-state index in [4.69, 9.17) is 21.1 Å². The number of carbonyl (C=O) groups excluding carboxylic acids is 2. The minimum absolute atomic E-state index is 0.174. The largest absolute Gasteiger partial charge is 0.484 e. The second kappa shape index (κ2) is 10.2. The predicted octanol–water partition coefficient (Wildman–Crippen LogP) is 4.40. The van der Waals surface area contributed by atoms with Gasteiger partial charge in [0.1, 0.15) is 11.5 Å². The summed E-state index contributed by atoms with van der Waals surface area (Å²) in [5, 5.41) is 4.47. The van der Waals surface area contributed by atoms with Crippen LogP contribution in [0.25, 0.3) is 0 Å². The first-order chi connectivity index (χ1) is 14.5. The highest BCUT2D eigenvalue weighted by atomic mass is 35.5. The second-order valence-corrected chi connectivity index (χ2v) is 6.80. The Morgan fingerprint density at radius 1 is 1.00 bits per heavy atom. The normalized spacial score (nSPS) is 10.6. The lowest BCUT2D eigenvalue weighted by Gasteiger charge is -2.05. The Morgan fingerprint density at radius 3 is 2.40 bits per heavy atom. The van der Waals surface area contributed by atoms with Crippen LogP contribution < -0.4 is 14.9 Å². The molecule has 7 heteroatoms. The van der Waals surface area contributed by atoms with Crippen LogP contribution in [0.1, 0.15) is 21.5 Å². The Labute approximate surface area is 179 Å². The van der Waals surface area contributed by atoms with E-state index >= 15 is 0 Å². The molecule has 0 spiro atoms. The van der Waals surface area contributed by atoms with E-state index in [1.54, 1.807) is 66.7 Å². The van der Waals surface area contributed by atoms with Crippen molar-refractivity contribution in [3.8, 4) is 11.5 Å². The monoisotopic (exact) mass is 422 g/mol. The van der Waals surface area contributed by atoms with E-state index in [-0.39, 0.29) is 6.61 Å². The zero-order valence-electron chi connectivity index (χ0n) is 16.2. The molecule has 0 atom stereocenters. The van der Waals surface area contributed by atoms with E-state index in [2.05, 4.69) is 10.5 Å². The lowest BCUT2D eigenvalue weighted by atomic mass is 10.1. The standard InChI is InChI=1S/C23H19ClN2O4/c1-16-3-2-4-18(13-16)23(28)30-21-9-5-17(6-10-21)14-25-26-22(27)15-29-20-11-7-19(24)8-12-20/h2-14H,15H2,1H3,(H,26,27). The van der Waals surface area contributed by atoms with E-state index in [1.807, 2.05) is 13.0 Å². The molecule has 0 aliphatic rings. The zero-order valence-corrected chi connectivity index (χ0v) is 16.9. The maximum absolute atomic E-state index is 12.2. The molecule has 0 saturated heterocycles. The summed E-state index contributed by atoms with van der Waals surface area (Å²) in [6.07, 6.45) is 1.48. The summed E-state index contributed by atoms with van der Waals surface area (Å²) in [4.78, 5) is 23.9. The molecule has 152 valence electrons. The molecule has 1 N–H and O–H groups in total. The van der Waals surface area contributed by atoms with Crippen molar-refractivity contribution < 1.29 is 19.1 Å². The van der Waals surface area contributed by atoms with Crippen molar-refractivity contribution in [2.75, 3.05) is 6.61 Å². The number of nitrogens with one attached hydrogen (secondary N) is 1. The number of benzene rings is 3. The molecule has 0 unspecified atom stereocenters. The fraction of sp³-hybridized carbons (Fsp3) is 0.0870. The predicted molar refractivity (Wildman–Crippen MR) is 115 cm³/mol. The third kappa shape index (κ3) is 6.46. The quantitative estimate of drug-likeness (QED) is 0.265. The molecule has 3 rings (SSSR count). The number of amides is 1. The minimum atomic E-state index is -0.423. The first-order valence-corrected chi connectivity index (χ1v) is 9.46. The van der Waals surface area contributed by atoms with Gasteiger partial charge in [0, 0.05) is 5.02 Å². The lowest BCUT2D eigenvalue weighted by molar-refractivity contribution is -0.123. The number of esters is 1.